The molecule has 2 rings (SSSR count). The molecule has 1 fully saturated rings. The van der Waals surface area contributed by atoms with Crippen molar-refractivity contribution in [1.29, 1.82) is 0 Å². The predicted octanol–water partition coefficient (Wildman–Crippen LogP) is 3.98. The Hall–Kier alpha value is -0.830. The van der Waals surface area contributed by atoms with E-state index >= 15 is 0 Å². The Morgan fingerprint density at radius 1 is 1.47 bits per heavy atom. The molecule has 1 aromatic rings. The van der Waals surface area contributed by atoms with Crippen LogP contribution in [-0.2, 0) is 10.2 Å². The number of halogens is 1. The fourth-order valence-corrected chi connectivity index (χ4v) is 3.56. The van der Waals surface area contributed by atoms with Crippen LogP contribution in [0.4, 0.5) is 0 Å². The van der Waals surface area contributed by atoms with Gasteiger partial charge in [0, 0.05) is 4.47 Å². The van der Waals surface area contributed by atoms with Crippen LogP contribution in [0.1, 0.15) is 38.2 Å². The van der Waals surface area contributed by atoms with Crippen LogP contribution < -0.4 is 0 Å². The molecule has 1 saturated carbocycles. The fraction of sp³-hybridized carbons (Fsp3) is 0.500. The van der Waals surface area contributed by atoms with E-state index in [0.29, 0.717) is 5.92 Å². The van der Waals surface area contributed by atoms with E-state index in [2.05, 4.69) is 22.9 Å². The van der Waals surface area contributed by atoms with E-state index in [0.717, 1.165) is 35.7 Å². The SMILES string of the molecule is CCCC1CC(C(=O)O)(c2ccccc2Br)C1. The molecule has 0 aliphatic heterocycles. The quantitative estimate of drug-likeness (QED) is 0.912. The number of benzene rings is 1. The van der Waals surface area contributed by atoms with Gasteiger partial charge in [0.1, 0.15) is 0 Å². The lowest BCUT2D eigenvalue weighted by atomic mass is 9.57. The molecule has 3 heteroatoms. The third kappa shape index (κ3) is 2.13. The number of aliphatic carboxylic acids is 1. The minimum atomic E-state index is -0.684. The highest BCUT2D eigenvalue weighted by molar-refractivity contribution is 9.10. The molecule has 0 aromatic heterocycles. The van der Waals surface area contributed by atoms with E-state index in [1.165, 1.54) is 0 Å². The van der Waals surface area contributed by atoms with Crippen LogP contribution in [0, 0.1) is 5.92 Å². The topological polar surface area (TPSA) is 37.3 Å². The summed E-state index contributed by atoms with van der Waals surface area (Å²) in [5.74, 6) is -0.111. The molecule has 0 spiro atoms. The summed E-state index contributed by atoms with van der Waals surface area (Å²) in [6.07, 6.45) is 3.83. The molecule has 1 aromatic carbocycles. The number of carboxylic acid groups (broad SMARTS) is 1. The van der Waals surface area contributed by atoms with Crippen LogP contribution >= 0.6 is 15.9 Å². The van der Waals surface area contributed by atoms with Gasteiger partial charge in [-0.15, -0.1) is 0 Å². The van der Waals surface area contributed by atoms with E-state index in [1.807, 2.05) is 24.3 Å². The van der Waals surface area contributed by atoms with Crippen LogP contribution in [0.3, 0.4) is 0 Å². The van der Waals surface area contributed by atoms with Gasteiger partial charge in [-0.1, -0.05) is 53.9 Å². The van der Waals surface area contributed by atoms with Crippen LogP contribution in [0.2, 0.25) is 0 Å². The molecule has 2 nitrogen and oxygen atoms in total. The van der Waals surface area contributed by atoms with Crippen molar-refractivity contribution in [3.8, 4) is 0 Å². The summed E-state index contributed by atoms with van der Waals surface area (Å²) in [6, 6.07) is 7.69. The zero-order chi connectivity index (χ0) is 12.5. The molecule has 92 valence electrons. The largest absolute Gasteiger partial charge is 0.481 e. The first-order valence-corrected chi connectivity index (χ1v) is 6.88. The second-order valence-corrected chi connectivity index (χ2v) is 5.78. The Labute approximate surface area is 110 Å². The Bertz CT molecular complexity index is 422. The van der Waals surface area contributed by atoms with Crippen molar-refractivity contribution in [1.82, 2.24) is 0 Å². The Morgan fingerprint density at radius 3 is 2.65 bits per heavy atom. The van der Waals surface area contributed by atoms with Crippen molar-refractivity contribution in [2.24, 2.45) is 5.92 Å². The number of carboxylic acids is 1. The zero-order valence-corrected chi connectivity index (χ0v) is 11.5. The van der Waals surface area contributed by atoms with Gasteiger partial charge in [-0.25, -0.2) is 0 Å². The maximum Gasteiger partial charge on any atom is 0.314 e. The molecule has 0 radical (unpaired) electrons. The Balaban J connectivity index is 2.27. The number of hydrogen-bond acceptors (Lipinski definition) is 1. The van der Waals surface area contributed by atoms with Crippen molar-refractivity contribution in [2.75, 3.05) is 0 Å². The maximum atomic E-state index is 11.6. The monoisotopic (exact) mass is 296 g/mol. The molecule has 0 bridgehead atoms. The van der Waals surface area contributed by atoms with Gasteiger partial charge in [-0.05, 0) is 30.4 Å². The summed E-state index contributed by atoms with van der Waals surface area (Å²) < 4.78 is 0.914. The first kappa shape index (κ1) is 12.6. The van der Waals surface area contributed by atoms with Crippen molar-refractivity contribution in [2.45, 2.75) is 38.0 Å². The van der Waals surface area contributed by atoms with Gasteiger partial charge in [0.2, 0.25) is 0 Å². The lowest BCUT2D eigenvalue weighted by molar-refractivity contribution is -0.150. The Kier molecular flexibility index (Phi) is 3.57. The first-order valence-electron chi connectivity index (χ1n) is 6.08. The average Bonchev–Trinajstić information content (AvgIpc) is 2.23. The molecule has 0 atom stereocenters. The lowest BCUT2D eigenvalue weighted by Crippen LogP contribution is -2.48. The standard InChI is InChI=1S/C14H17BrO2/c1-2-5-10-8-14(9-10,13(16)17)11-6-3-4-7-12(11)15/h3-4,6-7,10H,2,5,8-9H2,1H3,(H,16,17). The number of hydrogen-bond donors (Lipinski definition) is 1. The normalized spacial score (nSPS) is 27.5. The van der Waals surface area contributed by atoms with Gasteiger partial charge < -0.3 is 5.11 Å². The number of carbonyl (C=O) groups is 1. The van der Waals surface area contributed by atoms with Crippen LogP contribution in [-0.4, -0.2) is 11.1 Å². The molecule has 1 N–H and O–H groups in total. The molecule has 0 unspecified atom stereocenters. The summed E-state index contributed by atoms with van der Waals surface area (Å²) in [5.41, 5.74) is 0.278. The van der Waals surface area contributed by atoms with E-state index in [1.54, 1.807) is 0 Å². The van der Waals surface area contributed by atoms with Gasteiger partial charge in [-0.3, -0.25) is 4.79 Å². The molecular formula is C14H17BrO2. The smallest absolute Gasteiger partial charge is 0.314 e. The van der Waals surface area contributed by atoms with Crippen molar-refractivity contribution >= 4 is 21.9 Å². The van der Waals surface area contributed by atoms with E-state index in [-0.39, 0.29) is 0 Å². The second kappa shape index (κ2) is 4.81. The summed E-state index contributed by atoms with van der Waals surface area (Å²) >= 11 is 3.47. The van der Waals surface area contributed by atoms with Gasteiger partial charge >= 0.3 is 5.97 Å². The third-order valence-electron chi connectivity index (χ3n) is 3.77. The van der Waals surface area contributed by atoms with Crippen LogP contribution in [0.5, 0.6) is 0 Å². The fourth-order valence-electron chi connectivity index (χ4n) is 2.90. The molecule has 0 amide bonds. The highest BCUT2D eigenvalue weighted by Crippen LogP contribution is 2.51. The predicted molar refractivity (Wildman–Crippen MR) is 71.1 cm³/mol. The number of rotatable bonds is 4. The molecule has 1 aliphatic carbocycles. The van der Waals surface area contributed by atoms with Gasteiger partial charge in [0.15, 0.2) is 0 Å². The molecule has 1 aliphatic rings. The zero-order valence-electron chi connectivity index (χ0n) is 9.95. The third-order valence-corrected chi connectivity index (χ3v) is 4.46. The highest BCUT2D eigenvalue weighted by Gasteiger charge is 2.51. The van der Waals surface area contributed by atoms with Crippen molar-refractivity contribution in [3.63, 3.8) is 0 Å². The summed E-state index contributed by atoms with van der Waals surface area (Å²) in [7, 11) is 0. The summed E-state index contributed by atoms with van der Waals surface area (Å²) in [5, 5.41) is 9.53. The first-order chi connectivity index (χ1) is 8.10. The molecule has 17 heavy (non-hydrogen) atoms. The van der Waals surface area contributed by atoms with Gasteiger partial charge in [0.05, 0.1) is 5.41 Å². The van der Waals surface area contributed by atoms with Crippen LogP contribution in [0.25, 0.3) is 0 Å². The minimum Gasteiger partial charge on any atom is -0.481 e. The lowest BCUT2D eigenvalue weighted by Gasteiger charge is -2.45. The highest BCUT2D eigenvalue weighted by atomic mass is 79.9. The van der Waals surface area contributed by atoms with E-state index in [4.69, 9.17) is 0 Å². The average molecular weight is 297 g/mol. The minimum absolute atomic E-state index is 0.572. The second-order valence-electron chi connectivity index (χ2n) is 4.93. The van der Waals surface area contributed by atoms with Crippen molar-refractivity contribution in [3.05, 3.63) is 34.3 Å². The molecule has 0 heterocycles. The summed E-state index contributed by atoms with van der Waals surface area (Å²) in [6.45, 7) is 2.15. The molecular weight excluding hydrogens is 280 g/mol. The Morgan fingerprint density at radius 2 is 2.12 bits per heavy atom. The van der Waals surface area contributed by atoms with Crippen molar-refractivity contribution < 1.29 is 9.90 Å². The van der Waals surface area contributed by atoms with Crippen LogP contribution in [0.15, 0.2) is 28.7 Å². The maximum absolute atomic E-state index is 11.6. The van der Waals surface area contributed by atoms with Gasteiger partial charge in [0.25, 0.3) is 0 Å². The summed E-state index contributed by atoms with van der Waals surface area (Å²) in [4.78, 5) is 11.6. The molecule has 0 saturated heterocycles. The van der Waals surface area contributed by atoms with Gasteiger partial charge in [-0.2, -0.15) is 0 Å². The van der Waals surface area contributed by atoms with E-state index < -0.39 is 11.4 Å². The van der Waals surface area contributed by atoms with E-state index in [9.17, 15) is 9.90 Å².